The number of benzene rings is 1. The summed E-state index contributed by atoms with van der Waals surface area (Å²) in [6, 6.07) is 4.79. The van der Waals surface area contributed by atoms with E-state index in [1.165, 1.54) is 6.07 Å². The fourth-order valence-electron chi connectivity index (χ4n) is 1.58. The van der Waals surface area contributed by atoms with Gasteiger partial charge in [0.25, 0.3) is 0 Å². The molecule has 1 rings (SSSR count). The Morgan fingerprint density at radius 2 is 1.88 bits per heavy atom. The van der Waals surface area contributed by atoms with Crippen LogP contribution in [0.5, 0.6) is 0 Å². The van der Waals surface area contributed by atoms with E-state index in [0.29, 0.717) is 5.56 Å². The van der Waals surface area contributed by atoms with Crippen molar-refractivity contribution < 1.29 is 19.8 Å². The van der Waals surface area contributed by atoms with E-state index in [9.17, 15) is 9.59 Å². The van der Waals surface area contributed by atoms with Crippen molar-refractivity contribution in [3.05, 3.63) is 34.9 Å². The molecule has 2 N–H and O–H groups in total. The molecule has 1 aromatic rings. The molecule has 0 aliphatic carbocycles. The van der Waals surface area contributed by atoms with Crippen LogP contribution < -0.4 is 0 Å². The first kappa shape index (κ1) is 12.2. The first-order valence-electron chi connectivity index (χ1n) is 4.99. The molecule has 86 valence electrons. The number of aromatic carboxylic acids is 1. The molecule has 4 nitrogen and oxygen atoms in total. The predicted octanol–water partition coefficient (Wildman–Crippen LogP) is 2.14. The van der Waals surface area contributed by atoms with Gasteiger partial charge in [0.05, 0.1) is 12.0 Å². The number of hydrogen-bond donors (Lipinski definition) is 2. The maximum Gasteiger partial charge on any atom is 0.335 e. The molecule has 1 aromatic carbocycles. The van der Waals surface area contributed by atoms with Crippen LogP contribution in [0, 0.1) is 0 Å². The van der Waals surface area contributed by atoms with Gasteiger partial charge in [0.15, 0.2) is 0 Å². The van der Waals surface area contributed by atoms with Gasteiger partial charge in [-0.3, -0.25) is 4.79 Å². The Morgan fingerprint density at radius 1 is 1.25 bits per heavy atom. The monoisotopic (exact) mass is 222 g/mol. The lowest BCUT2D eigenvalue weighted by atomic mass is 9.94. The molecule has 0 bridgehead atoms. The van der Waals surface area contributed by atoms with Crippen LogP contribution in [0.15, 0.2) is 18.2 Å². The smallest absolute Gasteiger partial charge is 0.335 e. The van der Waals surface area contributed by atoms with Crippen molar-refractivity contribution in [2.45, 2.75) is 26.2 Å². The van der Waals surface area contributed by atoms with Gasteiger partial charge >= 0.3 is 11.9 Å². The van der Waals surface area contributed by atoms with Gasteiger partial charge in [0.1, 0.15) is 0 Å². The minimum absolute atomic E-state index is 0.102. The molecule has 16 heavy (non-hydrogen) atoms. The molecular formula is C12H14O4. The van der Waals surface area contributed by atoms with Crippen LogP contribution in [0.1, 0.15) is 41.3 Å². The number of hydrogen-bond acceptors (Lipinski definition) is 2. The van der Waals surface area contributed by atoms with E-state index in [4.69, 9.17) is 10.2 Å². The second-order valence-corrected chi connectivity index (χ2v) is 3.95. The minimum atomic E-state index is -1.02. The molecule has 0 aliphatic rings. The molecule has 0 aromatic heterocycles. The van der Waals surface area contributed by atoms with Crippen molar-refractivity contribution in [3.63, 3.8) is 0 Å². The van der Waals surface area contributed by atoms with Crippen molar-refractivity contribution in [2.24, 2.45) is 0 Å². The van der Waals surface area contributed by atoms with E-state index < -0.39 is 11.9 Å². The quantitative estimate of drug-likeness (QED) is 0.818. The summed E-state index contributed by atoms with van der Waals surface area (Å²) in [5, 5.41) is 17.7. The van der Waals surface area contributed by atoms with Crippen LogP contribution in [-0.2, 0) is 11.2 Å². The third-order valence-electron chi connectivity index (χ3n) is 2.33. The van der Waals surface area contributed by atoms with Gasteiger partial charge in [-0.2, -0.15) is 0 Å². The van der Waals surface area contributed by atoms with Crippen LogP contribution in [0.25, 0.3) is 0 Å². The first-order valence-corrected chi connectivity index (χ1v) is 4.99. The van der Waals surface area contributed by atoms with Crippen LogP contribution in [0.2, 0.25) is 0 Å². The van der Waals surface area contributed by atoms with Crippen molar-refractivity contribution in [3.8, 4) is 0 Å². The number of carbonyl (C=O) groups is 2. The second-order valence-electron chi connectivity index (χ2n) is 3.95. The van der Waals surface area contributed by atoms with Crippen molar-refractivity contribution in [1.82, 2.24) is 0 Å². The molecule has 0 saturated carbocycles. The summed E-state index contributed by atoms with van der Waals surface area (Å²) in [5.74, 6) is -1.88. The largest absolute Gasteiger partial charge is 0.481 e. The third kappa shape index (κ3) is 2.82. The van der Waals surface area contributed by atoms with Crippen LogP contribution in [0.3, 0.4) is 0 Å². The Hall–Kier alpha value is -1.84. The maximum atomic E-state index is 11.0. The Kier molecular flexibility index (Phi) is 3.66. The lowest BCUT2D eigenvalue weighted by molar-refractivity contribution is -0.136. The average molecular weight is 222 g/mol. The van der Waals surface area contributed by atoms with Gasteiger partial charge in [0.2, 0.25) is 0 Å². The standard InChI is InChI=1S/C12H14O4/c1-7(2)9-4-3-8(6-11(13)14)5-10(9)12(15)16/h3-5,7H,6H2,1-2H3,(H,13,14)(H,15,16). The van der Waals surface area contributed by atoms with Crippen LogP contribution in [0.4, 0.5) is 0 Å². The topological polar surface area (TPSA) is 74.6 Å². The van der Waals surface area contributed by atoms with E-state index >= 15 is 0 Å². The molecule has 0 saturated heterocycles. The Balaban J connectivity index is 3.17. The maximum absolute atomic E-state index is 11.0. The molecule has 0 fully saturated rings. The van der Waals surface area contributed by atoms with E-state index in [2.05, 4.69) is 0 Å². The number of carboxylic acid groups (broad SMARTS) is 2. The van der Waals surface area contributed by atoms with Gasteiger partial charge in [-0.25, -0.2) is 4.79 Å². The summed E-state index contributed by atoms with van der Waals surface area (Å²) in [6.45, 7) is 3.80. The van der Waals surface area contributed by atoms with E-state index in [0.717, 1.165) is 5.56 Å². The van der Waals surface area contributed by atoms with Gasteiger partial charge in [0, 0.05) is 0 Å². The number of carboxylic acids is 2. The summed E-state index contributed by atoms with van der Waals surface area (Å²) in [5.41, 5.74) is 1.42. The highest BCUT2D eigenvalue weighted by atomic mass is 16.4. The van der Waals surface area contributed by atoms with Crippen LogP contribution >= 0.6 is 0 Å². The molecule has 4 heteroatoms. The van der Waals surface area contributed by atoms with Gasteiger partial charge in [-0.15, -0.1) is 0 Å². The van der Waals surface area contributed by atoms with Crippen molar-refractivity contribution >= 4 is 11.9 Å². The number of rotatable bonds is 4. The minimum Gasteiger partial charge on any atom is -0.481 e. The highest BCUT2D eigenvalue weighted by molar-refractivity contribution is 5.90. The Bertz CT molecular complexity index is 421. The molecule has 0 amide bonds. The number of aliphatic carboxylic acids is 1. The summed E-state index contributed by atoms with van der Waals surface area (Å²) in [7, 11) is 0. The lowest BCUT2D eigenvalue weighted by Crippen LogP contribution is -2.07. The molecule has 0 aliphatic heterocycles. The lowest BCUT2D eigenvalue weighted by Gasteiger charge is -2.10. The summed E-state index contributed by atoms with van der Waals surface area (Å²) in [4.78, 5) is 21.5. The summed E-state index contributed by atoms with van der Waals surface area (Å²) >= 11 is 0. The molecule has 0 radical (unpaired) electrons. The molecule has 0 atom stereocenters. The molecule has 0 spiro atoms. The predicted molar refractivity (Wildman–Crippen MR) is 58.8 cm³/mol. The van der Waals surface area contributed by atoms with E-state index in [1.807, 2.05) is 13.8 Å². The van der Waals surface area contributed by atoms with E-state index in [1.54, 1.807) is 12.1 Å². The van der Waals surface area contributed by atoms with Gasteiger partial charge in [-0.05, 0) is 23.1 Å². The second kappa shape index (κ2) is 4.79. The normalized spacial score (nSPS) is 10.4. The fourth-order valence-corrected chi connectivity index (χ4v) is 1.58. The Morgan fingerprint density at radius 3 is 2.31 bits per heavy atom. The summed E-state index contributed by atoms with van der Waals surface area (Å²) < 4.78 is 0. The van der Waals surface area contributed by atoms with E-state index in [-0.39, 0.29) is 17.9 Å². The Labute approximate surface area is 93.5 Å². The molecular weight excluding hydrogens is 208 g/mol. The van der Waals surface area contributed by atoms with Crippen molar-refractivity contribution in [2.75, 3.05) is 0 Å². The fraction of sp³-hybridized carbons (Fsp3) is 0.333. The van der Waals surface area contributed by atoms with Crippen LogP contribution in [-0.4, -0.2) is 22.2 Å². The molecule has 0 heterocycles. The highest BCUT2D eigenvalue weighted by Crippen LogP contribution is 2.21. The van der Waals surface area contributed by atoms with Gasteiger partial charge < -0.3 is 10.2 Å². The van der Waals surface area contributed by atoms with Crippen molar-refractivity contribution in [1.29, 1.82) is 0 Å². The third-order valence-corrected chi connectivity index (χ3v) is 2.33. The average Bonchev–Trinajstić information content (AvgIpc) is 2.16. The first-order chi connectivity index (χ1) is 7.41. The SMILES string of the molecule is CC(C)c1ccc(CC(=O)O)cc1C(=O)O. The molecule has 0 unspecified atom stereocenters. The zero-order valence-electron chi connectivity index (χ0n) is 9.23. The highest BCUT2D eigenvalue weighted by Gasteiger charge is 2.14. The summed E-state index contributed by atoms with van der Waals surface area (Å²) in [6.07, 6.45) is -0.154. The zero-order valence-corrected chi connectivity index (χ0v) is 9.23. The van der Waals surface area contributed by atoms with Gasteiger partial charge in [-0.1, -0.05) is 26.0 Å². The zero-order chi connectivity index (χ0) is 12.3.